The van der Waals surface area contributed by atoms with Gasteiger partial charge in [0.2, 0.25) is 0 Å². The molecule has 0 aromatic heterocycles. The Balaban J connectivity index is 2.25. The Bertz CT molecular complexity index is 498. The Labute approximate surface area is 121 Å². The zero-order chi connectivity index (χ0) is 14.8. The highest BCUT2D eigenvalue weighted by Gasteiger charge is 2.35. The van der Waals surface area contributed by atoms with E-state index in [1.54, 1.807) is 0 Å². The molecule has 0 bridgehead atoms. The fraction of sp³-hybridized carbons (Fsp3) is 0.588. The van der Waals surface area contributed by atoms with E-state index in [1.165, 1.54) is 16.8 Å². The zero-order valence-electron chi connectivity index (χ0n) is 12.8. The number of nitrogens with zero attached hydrogens (tertiary/aromatic N) is 1. The van der Waals surface area contributed by atoms with Gasteiger partial charge in [-0.05, 0) is 44.7 Å². The number of carboxylic acids is 1. The maximum atomic E-state index is 11.6. The summed E-state index contributed by atoms with van der Waals surface area (Å²) in [7, 11) is 0. The highest BCUT2D eigenvalue weighted by molar-refractivity contribution is 5.75. The molecule has 0 spiro atoms. The molecule has 1 aromatic rings. The van der Waals surface area contributed by atoms with Gasteiger partial charge in [0.25, 0.3) is 0 Å². The number of hydrogen-bond acceptors (Lipinski definition) is 2. The van der Waals surface area contributed by atoms with Gasteiger partial charge in [0.1, 0.15) is 0 Å². The van der Waals surface area contributed by atoms with E-state index in [1.807, 2.05) is 6.92 Å². The summed E-state index contributed by atoms with van der Waals surface area (Å²) in [5.41, 5.74) is 3.21. The van der Waals surface area contributed by atoms with E-state index in [0.29, 0.717) is 6.54 Å². The van der Waals surface area contributed by atoms with Gasteiger partial charge in [0, 0.05) is 18.8 Å². The number of aryl methyl sites for hydroxylation is 2. The molecule has 1 atom stereocenters. The smallest absolute Gasteiger partial charge is 0.311 e. The second kappa shape index (κ2) is 5.86. The molecule has 0 saturated carbocycles. The average Bonchev–Trinajstić information content (AvgIpc) is 2.38. The van der Waals surface area contributed by atoms with Gasteiger partial charge in [-0.25, -0.2) is 0 Å². The van der Waals surface area contributed by atoms with Crippen LogP contribution in [0.25, 0.3) is 0 Å². The first-order chi connectivity index (χ1) is 9.46. The first-order valence-corrected chi connectivity index (χ1v) is 7.54. The zero-order valence-corrected chi connectivity index (χ0v) is 12.8. The Hall–Kier alpha value is -1.51. The van der Waals surface area contributed by atoms with Crippen LogP contribution in [0.3, 0.4) is 0 Å². The van der Waals surface area contributed by atoms with Crippen molar-refractivity contribution in [2.75, 3.05) is 18.0 Å². The molecule has 0 fully saturated rings. The second-order valence-electron chi connectivity index (χ2n) is 6.27. The van der Waals surface area contributed by atoms with Gasteiger partial charge in [0.15, 0.2) is 0 Å². The summed E-state index contributed by atoms with van der Waals surface area (Å²) in [5.74, 6) is -0.682. The van der Waals surface area contributed by atoms with E-state index in [9.17, 15) is 9.90 Å². The summed E-state index contributed by atoms with van der Waals surface area (Å²) < 4.78 is 0. The minimum atomic E-state index is -0.682. The fourth-order valence-electron chi connectivity index (χ4n) is 3.19. The summed E-state index contributed by atoms with van der Waals surface area (Å²) in [6.45, 7) is 7.60. The molecular formula is C17H25NO2. The van der Waals surface area contributed by atoms with E-state index in [2.05, 4.69) is 36.9 Å². The van der Waals surface area contributed by atoms with Crippen LogP contribution in [0, 0.1) is 12.3 Å². The molecular weight excluding hydrogens is 250 g/mol. The van der Waals surface area contributed by atoms with E-state index >= 15 is 0 Å². The molecule has 1 aromatic carbocycles. The summed E-state index contributed by atoms with van der Waals surface area (Å²) >= 11 is 0. The molecule has 1 aliphatic heterocycles. The van der Waals surface area contributed by atoms with Crippen LogP contribution >= 0.6 is 0 Å². The van der Waals surface area contributed by atoms with E-state index in [4.69, 9.17) is 0 Å². The molecule has 3 nitrogen and oxygen atoms in total. The van der Waals surface area contributed by atoms with E-state index in [0.717, 1.165) is 32.2 Å². The highest BCUT2D eigenvalue weighted by Crippen LogP contribution is 2.33. The first-order valence-electron chi connectivity index (χ1n) is 7.54. The van der Waals surface area contributed by atoms with Crippen molar-refractivity contribution in [1.82, 2.24) is 0 Å². The molecule has 0 radical (unpaired) electrons. The molecule has 1 heterocycles. The minimum absolute atomic E-state index is 0.603. The normalized spacial score (nSPS) is 17.4. The van der Waals surface area contributed by atoms with Crippen LogP contribution in [0.4, 0.5) is 5.69 Å². The van der Waals surface area contributed by atoms with Crippen LogP contribution in [0.15, 0.2) is 18.2 Å². The van der Waals surface area contributed by atoms with Gasteiger partial charge in [-0.1, -0.05) is 31.0 Å². The van der Waals surface area contributed by atoms with Crippen molar-refractivity contribution < 1.29 is 9.90 Å². The summed E-state index contributed by atoms with van der Waals surface area (Å²) in [4.78, 5) is 13.9. The third kappa shape index (κ3) is 2.97. The molecule has 2 rings (SSSR count). The van der Waals surface area contributed by atoms with Crippen molar-refractivity contribution in [2.24, 2.45) is 5.41 Å². The maximum absolute atomic E-state index is 11.6. The number of fused-ring (bicyclic) bond motifs is 1. The molecule has 110 valence electrons. The molecule has 3 heteroatoms. The summed E-state index contributed by atoms with van der Waals surface area (Å²) in [6, 6.07) is 6.51. The van der Waals surface area contributed by atoms with Gasteiger partial charge in [-0.2, -0.15) is 0 Å². The monoisotopic (exact) mass is 275 g/mol. The van der Waals surface area contributed by atoms with Gasteiger partial charge in [-0.15, -0.1) is 0 Å². The van der Waals surface area contributed by atoms with E-state index in [-0.39, 0.29) is 0 Å². The average molecular weight is 275 g/mol. The number of anilines is 1. The van der Waals surface area contributed by atoms with Gasteiger partial charge in [-0.3, -0.25) is 4.79 Å². The lowest BCUT2D eigenvalue weighted by atomic mass is 9.84. The van der Waals surface area contributed by atoms with Crippen LogP contribution in [0.1, 0.15) is 44.2 Å². The number of hydrogen-bond donors (Lipinski definition) is 1. The number of carbonyl (C=O) groups is 1. The SMILES string of the molecule is CCCC(C)(CN1CCCc2cc(C)ccc21)C(=O)O. The van der Waals surface area contributed by atoms with Crippen LogP contribution < -0.4 is 4.90 Å². The number of benzene rings is 1. The molecule has 1 aliphatic rings. The Morgan fingerprint density at radius 1 is 1.45 bits per heavy atom. The topological polar surface area (TPSA) is 40.5 Å². The van der Waals surface area contributed by atoms with Crippen molar-refractivity contribution >= 4 is 11.7 Å². The quantitative estimate of drug-likeness (QED) is 0.892. The second-order valence-corrected chi connectivity index (χ2v) is 6.27. The van der Waals surface area contributed by atoms with Crippen molar-refractivity contribution in [3.63, 3.8) is 0 Å². The predicted octanol–water partition coefficient (Wildman–Crippen LogP) is 3.64. The maximum Gasteiger partial charge on any atom is 0.311 e. The van der Waals surface area contributed by atoms with Crippen LogP contribution in [-0.4, -0.2) is 24.2 Å². The Morgan fingerprint density at radius 2 is 2.20 bits per heavy atom. The lowest BCUT2D eigenvalue weighted by Gasteiger charge is -2.37. The van der Waals surface area contributed by atoms with Crippen LogP contribution in [0.2, 0.25) is 0 Å². The minimum Gasteiger partial charge on any atom is -0.481 e. The molecule has 1 unspecified atom stereocenters. The molecule has 0 amide bonds. The van der Waals surface area contributed by atoms with Gasteiger partial charge in [0.05, 0.1) is 5.41 Å². The van der Waals surface area contributed by atoms with Crippen molar-refractivity contribution in [2.45, 2.75) is 46.5 Å². The highest BCUT2D eigenvalue weighted by atomic mass is 16.4. The number of aliphatic carboxylic acids is 1. The molecule has 0 aliphatic carbocycles. The molecule has 1 N–H and O–H groups in total. The van der Waals surface area contributed by atoms with Crippen LogP contribution in [-0.2, 0) is 11.2 Å². The van der Waals surface area contributed by atoms with Crippen molar-refractivity contribution in [3.05, 3.63) is 29.3 Å². The van der Waals surface area contributed by atoms with Gasteiger partial charge >= 0.3 is 5.97 Å². The number of rotatable bonds is 5. The lowest BCUT2D eigenvalue weighted by molar-refractivity contribution is -0.147. The van der Waals surface area contributed by atoms with Crippen molar-refractivity contribution in [1.29, 1.82) is 0 Å². The third-order valence-corrected chi connectivity index (χ3v) is 4.31. The standard InChI is InChI=1S/C17H25NO2/c1-4-9-17(3,16(19)20)12-18-10-5-6-14-11-13(2)7-8-15(14)18/h7-8,11H,4-6,9-10,12H2,1-3H3,(H,19,20). The Morgan fingerprint density at radius 3 is 2.85 bits per heavy atom. The van der Waals surface area contributed by atoms with Crippen molar-refractivity contribution in [3.8, 4) is 0 Å². The predicted molar refractivity (Wildman–Crippen MR) is 82.4 cm³/mol. The summed E-state index contributed by atoms with van der Waals surface area (Å²) in [6.07, 6.45) is 3.83. The lowest BCUT2D eigenvalue weighted by Crippen LogP contribution is -2.43. The molecule has 0 saturated heterocycles. The van der Waals surface area contributed by atoms with E-state index < -0.39 is 11.4 Å². The Kier molecular flexibility index (Phi) is 4.36. The first kappa shape index (κ1) is 14.9. The molecule has 20 heavy (non-hydrogen) atoms. The third-order valence-electron chi connectivity index (χ3n) is 4.31. The summed E-state index contributed by atoms with van der Waals surface area (Å²) in [5, 5.41) is 9.56. The fourth-order valence-corrected chi connectivity index (χ4v) is 3.19. The number of carboxylic acid groups (broad SMARTS) is 1. The van der Waals surface area contributed by atoms with Crippen LogP contribution in [0.5, 0.6) is 0 Å². The van der Waals surface area contributed by atoms with Gasteiger partial charge < -0.3 is 10.0 Å². The largest absolute Gasteiger partial charge is 0.481 e.